The van der Waals surface area contributed by atoms with Crippen LogP contribution in [0.1, 0.15) is 16.1 Å². The van der Waals surface area contributed by atoms with Gasteiger partial charge in [0, 0.05) is 25.2 Å². The number of aromatic nitrogens is 4. The average molecular weight is 281 g/mol. The lowest BCUT2D eigenvalue weighted by Crippen LogP contribution is -2.21. The number of carbonyl (C=O) groups is 1. The molecule has 0 saturated carbocycles. The van der Waals surface area contributed by atoms with E-state index in [0.29, 0.717) is 11.2 Å². The van der Waals surface area contributed by atoms with Crippen LogP contribution in [-0.2, 0) is 0 Å². The monoisotopic (exact) mass is 281 g/mol. The number of aryl methyl sites for hydroxylation is 1. The first kappa shape index (κ1) is 13.2. The van der Waals surface area contributed by atoms with Gasteiger partial charge >= 0.3 is 0 Å². The Bertz CT molecular complexity index is 822. The number of hydrogen-bond acceptors (Lipinski definition) is 4. The van der Waals surface area contributed by atoms with E-state index < -0.39 is 0 Å². The van der Waals surface area contributed by atoms with Gasteiger partial charge in [0.1, 0.15) is 6.33 Å². The molecule has 106 valence electrons. The van der Waals surface area contributed by atoms with Crippen molar-refractivity contribution in [1.82, 2.24) is 24.7 Å². The summed E-state index contributed by atoms with van der Waals surface area (Å²) < 4.78 is 1.64. The van der Waals surface area contributed by atoms with Crippen LogP contribution < -0.4 is 0 Å². The molecule has 0 aliphatic rings. The lowest BCUT2D eigenvalue weighted by atomic mass is 10.0. The molecule has 0 fully saturated rings. The van der Waals surface area contributed by atoms with Crippen molar-refractivity contribution in [2.45, 2.75) is 6.92 Å². The molecule has 0 saturated heterocycles. The molecule has 0 N–H and O–H groups in total. The van der Waals surface area contributed by atoms with Crippen LogP contribution in [0, 0.1) is 6.92 Å². The summed E-state index contributed by atoms with van der Waals surface area (Å²) in [5, 5.41) is 12.3. The molecule has 0 atom stereocenters. The van der Waals surface area contributed by atoms with E-state index in [1.54, 1.807) is 35.9 Å². The first-order valence-corrected chi connectivity index (χ1v) is 6.56. The van der Waals surface area contributed by atoms with Gasteiger partial charge in [-0.15, -0.1) is 10.2 Å². The number of amides is 1. The molecule has 3 aromatic rings. The number of hydrogen-bond donors (Lipinski definition) is 0. The van der Waals surface area contributed by atoms with E-state index in [4.69, 9.17) is 0 Å². The molecule has 0 radical (unpaired) electrons. The third-order valence-electron chi connectivity index (χ3n) is 3.22. The highest BCUT2D eigenvalue weighted by Crippen LogP contribution is 2.24. The summed E-state index contributed by atoms with van der Waals surface area (Å²) >= 11 is 0. The number of benzene rings is 1. The predicted molar refractivity (Wildman–Crippen MR) is 79.0 cm³/mol. The number of fused-ring (bicyclic) bond motifs is 1. The third kappa shape index (κ3) is 2.35. The summed E-state index contributed by atoms with van der Waals surface area (Å²) in [4.78, 5) is 13.6. The molecular weight excluding hydrogens is 266 g/mol. The Hall–Kier alpha value is -2.76. The lowest BCUT2D eigenvalue weighted by molar-refractivity contribution is 0.0827. The van der Waals surface area contributed by atoms with Crippen molar-refractivity contribution in [3.8, 4) is 11.1 Å². The van der Waals surface area contributed by atoms with Gasteiger partial charge in [-0.05, 0) is 30.7 Å². The molecule has 0 spiro atoms. The van der Waals surface area contributed by atoms with Crippen LogP contribution in [-0.4, -0.2) is 44.7 Å². The van der Waals surface area contributed by atoms with E-state index in [2.05, 4.69) is 15.3 Å². The molecule has 1 aromatic carbocycles. The maximum atomic E-state index is 12.1. The van der Waals surface area contributed by atoms with E-state index in [1.807, 2.05) is 31.2 Å². The largest absolute Gasteiger partial charge is 0.345 e. The molecule has 6 heteroatoms. The van der Waals surface area contributed by atoms with Crippen molar-refractivity contribution in [3.63, 3.8) is 0 Å². The first-order chi connectivity index (χ1) is 10.1. The van der Waals surface area contributed by atoms with Gasteiger partial charge in [0.25, 0.3) is 5.91 Å². The molecular formula is C15H15N5O. The molecule has 2 aromatic heterocycles. The Morgan fingerprint density at radius 3 is 2.81 bits per heavy atom. The quantitative estimate of drug-likeness (QED) is 0.718. The molecule has 0 aliphatic carbocycles. The van der Waals surface area contributed by atoms with Gasteiger partial charge in [-0.3, -0.25) is 4.79 Å². The Morgan fingerprint density at radius 1 is 1.24 bits per heavy atom. The fourth-order valence-electron chi connectivity index (χ4n) is 2.24. The Labute approximate surface area is 122 Å². The third-order valence-corrected chi connectivity index (χ3v) is 3.22. The summed E-state index contributed by atoms with van der Waals surface area (Å²) in [6.45, 7) is 1.91. The zero-order valence-electron chi connectivity index (χ0n) is 12.1. The fraction of sp³-hybridized carbons (Fsp3) is 0.200. The van der Waals surface area contributed by atoms with Crippen molar-refractivity contribution in [1.29, 1.82) is 0 Å². The van der Waals surface area contributed by atoms with E-state index in [1.165, 1.54) is 0 Å². The Kier molecular flexibility index (Phi) is 3.13. The predicted octanol–water partition coefficient (Wildman–Crippen LogP) is 1.80. The second-order valence-corrected chi connectivity index (χ2v) is 5.08. The van der Waals surface area contributed by atoms with Crippen LogP contribution in [0.25, 0.3) is 16.8 Å². The zero-order chi connectivity index (χ0) is 15.0. The second-order valence-electron chi connectivity index (χ2n) is 5.08. The van der Waals surface area contributed by atoms with Crippen molar-refractivity contribution in [2.24, 2.45) is 0 Å². The van der Waals surface area contributed by atoms with Crippen molar-refractivity contribution in [2.75, 3.05) is 14.1 Å². The van der Waals surface area contributed by atoms with Crippen LogP contribution >= 0.6 is 0 Å². The maximum Gasteiger partial charge on any atom is 0.253 e. The minimum absolute atomic E-state index is 0.0277. The van der Waals surface area contributed by atoms with E-state index in [9.17, 15) is 4.79 Å². The van der Waals surface area contributed by atoms with Gasteiger partial charge in [-0.1, -0.05) is 12.1 Å². The van der Waals surface area contributed by atoms with Crippen molar-refractivity contribution in [3.05, 3.63) is 47.9 Å². The normalized spacial score (nSPS) is 10.8. The number of carbonyl (C=O) groups excluding carboxylic acids is 1. The molecule has 21 heavy (non-hydrogen) atoms. The van der Waals surface area contributed by atoms with Gasteiger partial charge in [-0.2, -0.15) is 9.61 Å². The summed E-state index contributed by atoms with van der Waals surface area (Å²) in [6.07, 6.45) is 1.57. The molecule has 6 nitrogen and oxygen atoms in total. The molecule has 0 aliphatic heterocycles. The van der Waals surface area contributed by atoms with Gasteiger partial charge in [0.05, 0.1) is 5.69 Å². The molecule has 3 rings (SSSR count). The molecule has 1 amide bonds. The number of rotatable bonds is 2. The van der Waals surface area contributed by atoms with Crippen LogP contribution in [0.2, 0.25) is 0 Å². The van der Waals surface area contributed by atoms with Crippen LogP contribution in [0.4, 0.5) is 0 Å². The molecule has 2 heterocycles. The van der Waals surface area contributed by atoms with Crippen molar-refractivity contribution < 1.29 is 4.79 Å². The van der Waals surface area contributed by atoms with Gasteiger partial charge in [0.2, 0.25) is 0 Å². The van der Waals surface area contributed by atoms with Crippen molar-refractivity contribution >= 4 is 11.6 Å². The Balaban J connectivity index is 2.17. The minimum atomic E-state index is -0.0277. The maximum absolute atomic E-state index is 12.1. The Morgan fingerprint density at radius 2 is 2.05 bits per heavy atom. The number of nitrogens with zero attached hydrogens (tertiary/aromatic N) is 5. The SMILES string of the molecule is Cc1cc(-c2cccc(C(=O)N(C)C)c2)c2nncn2n1. The fourth-order valence-corrected chi connectivity index (χ4v) is 2.24. The molecule has 0 unspecified atom stereocenters. The van der Waals surface area contributed by atoms with Crippen LogP contribution in [0.5, 0.6) is 0 Å². The summed E-state index contributed by atoms with van der Waals surface area (Å²) in [5.74, 6) is -0.0277. The zero-order valence-corrected chi connectivity index (χ0v) is 12.1. The van der Waals surface area contributed by atoms with Gasteiger partial charge in [0.15, 0.2) is 5.65 Å². The highest BCUT2D eigenvalue weighted by molar-refractivity contribution is 5.95. The minimum Gasteiger partial charge on any atom is -0.345 e. The lowest BCUT2D eigenvalue weighted by Gasteiger charge is -2.11. The summed E-state index contributed by atoms with van der Waals surface area (Å²) in [6, 6.07) is 9.44. The van der Waals surface area contributed by atoms with Gasteiger partial charge in [-0.25, -0.2) is 0 Å². The van der Waals surface area contributed by atoms with Crippen LogP contribution in [0.15, 0.2) is 36.7 Å². The van der Waals surface area contributed by atoms with E-state index >= 15 is 0 Å². The average Bonchev–Trinajstić information content (AvgIpc) is 2.93. The van der Waals surface area contributed by atoms with E-state index in [0.717, 1.165) is 16.8 Å². The highest BCUT2D eigenvalue weighted by Gasteiger charge is 2.12. The van der Waals surface area contributed by atoms with Crippen LogP contribution in [0.3, 0.4) is 0 Å². The highest BCUT2D eigenvalue weighted by atomic mass is 16.2. The standard InChI is InChI=1S/C15H15N5O/c1-10-7-13(14-17-16-9-20(14)18-10)11-5-4-6-12(8-11)15(21)19(2)3/h4-9H,1-3H3. The smallest absolute Gasteiger partial charge is 0.253 e. The first-order valence-electron chi connectivity index (χ1n) is 6.56. The molecule has 0 bridgehead atoms. The van der Waals surface area contributed by atoms with E-state index in [-0.39, 0.29) is 5.91 Å². The summed E-state index contributed by atoms with van der Waals surface area (Å²) in [5.41, 5.74) is 4.01. The second kappa shape index (κ2) is 4.97. The summed E-state index contributed by atoms with van der Waals surface area (Å²) in [7, 11) is 3.48. The topological polar surface area (TPSA) is 63.4 Å². The van der Waals surface area contributed by atoms with Gasteiger partial charge < -0.3 is 4.90 Å².